The SMILES string of the molecule is O=C(CNC1CC1)N1CCC2(CC1)OCCc1cc(-c3ccccc3)sc12. The van der Waals surface area contributed by atoms with Crippen LogP contribution in [-0.4, -0.2) is 43.1 Å². The molecule has 4 nitrogen and oxygen atoms in total. The number of benzene rings is 1. The first-order chi connectivity index (χ1) is 13.2. The van der Waals surface area contributed by atoms with Gasteiger partial charge in [-0.05, 0) is 49.3 Å². The van der Waals surface area contributed by atoms with Crippen LogP contribution in [-0.2, 0) is 21.6 Å². The number of rotatable bonds is 4. The van der Waals surface area contributed by atoms with Crippen molar-refractivity contribution in [2.45, 2.75) is 43.7 Å². The molecule has 1 spiro atoms. The van der Waals surface area contributed by atoms with E-state index in [9.17, 15) is 4.79 Å². The molecule has 0 unspecified atom stereocenters. The number of ether oxygens (including phenoxy) is 1. The zero-order chi connectivity index (χ0) is 18.3. The van der Waals surface area contributed by atoms with Crippen LogP contribution in [0.2, 0.25) is 0 Å². The van der Waals surface area contributed by atoms with Crippen LogP contribution in [0.25, 0.3) is 10.4 Å². The number of carbonyl (C=O) groups is 1. The van der Waals surface area contributed by atoms with Crippen LogP contribution in [0.4, 0.5) is 0 Å². The maximum Gasteiger partial charge on any atom is 0.236 e. The number of carbonyl (C=O) groups excluding carboxylic acids is 1. The first kappa shape index (κ1) is 17.4. The molecule has 27 heavy (non-hydrogen) atoms. The van der Waals surface area contributed by atoms with Crippen LogP contribution in [0, 0.1) is 0 Å². The lowest BCUT2D eigenvalue weighted by Crippen LogP contribution is -2.49. The smallest absolute Gasteiger partial charge is 0.236 e. The van der Waals surface area contributed by atoms with E-state index < -0.39 is 0 Å². The van der Waals surface area contributed by atoms with Gasteiger partial charge in [0, 0.05) is 28.9 Å². The fourth-order valence-electron chi connectivity index (χ4n) is 4.29. The number of fused-ring (bicyclic) bond motifs is 2. The quantitative estimate of drug-likeness (QED) is 0.879. The van der Waals surface area contributed by atoms with Gasteiger partial charge in [0.05, 0.1) is 13.2 Å². The molecule has 0 atom stereocenters. The maximum absolute atomic E-state index is 12.5. The molecule has 1 amide bonds. The molecular formula is C22H26N2O2S. The predicted octanol–water partition coefficient (Wildman–Crippen LogP) is 3.56. The van der Waals surface area contributed by atoms with Gasteiger partial charge in [-0.25, -0.2) is 0 Å². The summed E-state index contributed by atoms with van der Waals surface area (Å²) < 4.78 is 6.38. The topological polar surface area (TPSA) is 41.6 Å². The van der Waals surface area contributed by atoms with E-state index in [2.05, 4.69) is 41.7 Å². The van der Waals surface area contributed by atoms with Gasteiger partial charge in [0.15, 0.2) is 0 Å². The number of nitrogens with one attached hydrogen (secondary N) is 1. The number of piperidine rings is 1. The van der Waals surface area contributed by atoms with Gasteiger partial charge in [-0.1, -0.05) is 30.3 Å². The Labute approximate surface area is 164 Å². The second-order valence-electron chi connectivity index (χ2n) is 7.96. The van der Waals surface area contributed by atoms with Crippen LogP contribution < -0.4 is 5.32 Å². The summed E-state index contributed by atoms with van der Waals surface area (Å²) in [4.78, 5) is 17.2. The molecule has 1 aromatic heterocycles. The largest absolute Gasteiger partial charge is 0.369 e. The Balaban J connectivity index is 1.32. The van der Waals surface area contributed by atoms with Crippen molar-refractivity contribution >= 4 is 17.2 Å². The van der Waals surface area contributed by atoms with E-state index >= 15 is 0 Å². The molecule has 2 fully saturated rings. The molecule has 5 heteroatoms. The molecule has 2 aliphatic heterocycles. The van der Waals surface area contributed by atoms with Crippen molar-refractivity contribution in [3.63, 3.8) is 0 Å². The molecule has 1 N–H and O–H groups in total. The average Bonchev–Trinajstić information content (AvgIpc) is 3.44. The van der Waals surface area contributed by atoms with Crippen molar-refractivity contribution < 1.29 is 9.53 Å². The van der Waals surface area contributed by atoms with Crippen molar-refractivity contribution in [1.82, 2.24) is 10.2 Å². The predicted molar refractivity (Wildman–Crippen MR) is 108 cm³/mol. The van der Waals surface area contributed by atoms with E-state index in [4.69, 9.17) is 4.74 Å². The third-order valence-corrected chi connectivity index (χ3v) is 7.49. The van der Waals surface area contributed by atoms with E-state index in [1.807, 2.05) is 16.2 Å². The normalized spacial score (nSPS) is 21.3. The van der Waals surface area contributed by atoms with E-state index in [0.717, 1.165) is 39.0 Å². The highest BCUT2D eigenvalue weighted by atomic mass is 32.1. The van der Waals surface area contributed by atoms with Crippen molar-refractivity contribution in [2.24, 2.45) is 0 Å². The zero-order valence-corrected chi connectivity index (χ0v) is 16.4. The number of nitrogens with zero attached hydrogens (tertiary/aromatic N) is 1. The molecule has 0 bridgehead atoms. The van der Waals surface area contributed by atoms with Gasteiger partial charge in [0.2, 0.25) is 5.91 Å². The number of hydrogen-bond acceptors (Lipinski definition) is 4. The van der Waals surface area contributed by atoms with Crippen LogP contribution >= 0.6 is 11.3 Å². The lowest BCUT2D eigenvalue weighted by molar-refractivity contribution is -0.139. The van der Waals surface area contributed by atoms with Crippen molar-refractivity contribution in [3.8, 4) is 10.4 Å². The molecule has 5 rings (SSSR count). The van der Waals surface area contributed by atoms with Gasteiger partial charge >= 0.3 is 0 Å². The monoisotopic (exact) mass is 382 g/mol. The van der Waals surface area contributed by atoms with Crippen molar-refractivity contribution in [1.29, 1.82) is 0 Å². The standard InChI is InChI=1S/C22H26N2O2S/c25-20(15-23-18-6-7-18)24-11-9-22(10-12-24)21-17(8-13-26-22)14-19(27-21)16-4-2-1-3-5-16/h1-5,14,18,23H,6-13,15H2. The van der Waals surface area contributed by atoms with Gasteiger partial charge in [-0.15, -0.1) is 11.3 Å². The van der Waals surface area contributed by atoms with E-state index in [0.29, 0.717) is 12.6 Å². The molecule has 1 saturated carbocycles. The Morgan fingerprint density at radius 3 is 2.74 bits per heavy atom. The average molecular weight is 383 g/mol. The number of thiophene rings is 1. The molecule has 3 aliphatic rings. The first-order valence-corrected chi connectivity index (χ1v) is 10.9. The van der Waals surface area contributed by atoms with E-state index in [1.54, 1.807) is 0 Å². The Bertz CT molecular complexity index is 820. The molecule has 142 valence electrons. The third-order valence-electron chi connectivity index (χ3n) is 6.07. The number of hydrogen-bond donors (Lipinski definition) is 1. The Kier molecular flexibility index (Phi) is 4.54. The lowest BCUT2D eigenvalue weighted by atomic mass is 9.85. The minimum Gasteiger partial charge on any atom is -0.369 e. The van der Waals surface area contributed by atoms with Gasteiger partial charge < -0.3 is 15.0 Å². The molecular weight excluding hydrogens is 356 g/mol. The molecule has 1 saturated heterocycles. The summed E-state index contributed by atoms with van der Waals surface area (Å²) in [5.41, 5.74) is 2.54. The van der Waals surface area contributed by atoms with Crippen LogP contribution in [0.3, 0.4) is 0 Å². The van der Waals surface area contributed by atoms with Crippen LogP contribution in [0.15, 0.2) is 36.4 Å². The Hall–Kier alpha value is -1.69. The summed E-state index contributed by atoms with van der Waals surface area (Å²) in [7, 11) is 0. The van der Waals surface area contributed by atoms with Gasteiger partial charge in [0.25, 0.3) is 0 Å². The Morgan fingerprint density at radius 2 is 2.00 bits per heavy atom. The minimum absolute atomic E-state index is 0.189. The van der Waals surface area contributed by atoms with E-state index in [1.165, 1.54) is 33.7 Å². The van der Waals surface area contributed by atoms with Gasteiger partial charge in [-0.2, -0.15) is 0 Å². The number of amides is 1. The maximum atomic E-state index is 12.5. The van der Waals surface area contributed by atoms with Crippen LogP contribution in [0.1, 0.15) is 36.1 Å². The number of likely N-dealkylation sites (tertiary alicyclic amines) is 1. The zero-order valence-electron chi connectivity index (χ0n) is 15.6. The minimum atomic E-state index is -0.189. The second-order valence-corrected chi connectivity index (χ2v) is 9.01. The fraction of sp³-hybridized carbons (Fsp3) is 0.500. The van der Waals surface area contributed by atoms with Crippen molar-refractivity contribution in [3.05, 3.63) is 46.8 Å². The summed E-state index contributed by atoms with van der Waals surface area (Å²) in [6, 6.07) is 13.6. The highest BCUT2D eigenvalue weighted by molar-refractivity contribution is 7.15. The van der Waals surface area contributed by atoms with E-state index in [-0.39, 0.29) is 11.5 Å². The fourth-order valence-corrected chi connectivity index (χ4v) is 5.70. The highest BCUT2D eigenvalue weighted by Gasteiger charge is 2.43. The first-order valence-electron chi connectivity index (χ1n) is 10.1. The van der Waals surface area contributed by atoms with Gasteiger partial charge in [0.1, 0.15) is 5.60 Å². The molecule has 3 heterocycles. The summed E-state index contributed by atoms with van der Waals surface area (Å²) in [5, 5.41) is 3.34. The third kappa shape index (κ3) is 3.44. The lowest BCUT2D eigenvalue weighted by Gasteiger charge is -2.43. The molecule has 2 aromatic rings. The molecule has 1 aliphatic carbocycles. The molecule has 1 aromatic carbocycles. The van der Waals surface area contributed by atoms with Gasteiger partial charge in [-0.3, -0.25) is 4.79 Å². The summed E-state index contributed by atoms with van der Waals surface area (Å²) in [5.74, 6) is 0.240. The summed E-state index contributed by atoms with van der Waals surface area (Å²) in [6.07, 6.45) is 5.24. The second kappa shape index (κ2) is 7.04. The van der Waals surface area contributed by atoms with Crippen LogP contribution in [0.5, 0.6) is 0 Å². The Morgan fingerprint density at radius 1 is 1.22 bits per heavy atom. The molecule has 0 radical (unpaired) electrons. The summed E-state index contributed by atoms with van der Waals surface area (Å²) >= 11 is 1.89. The van der Waals surface area contributed by atoms with Crippen molar-refractivity contribution in [2.75, 3.05) is 26.2 Å². The summed E-state index contributed by atoms with van der Waals surface area (Å²) in [6.45, 7) is 2.86. The highest BCUT2D eigenvalue weighted by Crippen LogP contribution is 2.47.